The van der Waals surface area contributed by atoms with Gasteiger partial charge in [-0.3, -0.25) is 0 Å². The molecule has 0 radical (unpaired) electrons. The molecule has 0 saturated carbocycles. The fraction of sp³-hybridized carbons (Fsp3) is 0.571. The van der Waals surface area contributed by atoms with Gasteiger partial charge < -0.3 is 5.32 Å². The minimum atomic E-state index is -3.26. The van der Waals surface area contributed by atoms with E-state index >= 15 is 0 Å². The van der Waals surface area contributed by atoms with Crippen LogP contribution in [0.15, 0.2) is 24.3 Å². The number of sulfonamides is 1. The minimum Gasteiger partial charge on any atom is -0.317 e. The first-order valence-electron chi connectivity index (χ1n) is 6.85. The molecule has 1 N–H and O–H groups in total. The standard InChI is InChI=1S/C14H23FN2O2S/c1-3-9-16-10-4-11-20(18,19)17(2)12-13-5-7-14(15)8-6-13/h5-8,16H,3-4,9-12H2,1-2H3. The molecule has 1 rings (SSSR count). The van der Waals surface area contributed by atoms with E-state index in [1.165, 1.54) is 16.4 Å². The van der Waals surface area contributed by atoms with Crippen molar-refractivity contribution < 1.29 is 12.8 Å². The first-order valence-corrected chi connectivity index (χ1v) is 8.46. The molecule has 0 amide bonds. The molecule has 0 unspecified atom stereocenters. The number of halogens is 1. The summed E-state index contributed by atoms with van der Waals surface area (Å²) in [6, 6.07) is 5.88. The zero-order valence-corrected chi connectivity index (χ0v) is 12.9. The van der Waals surface area contributed by atoms with E-state index in [1.807, 2.05) is 0 Å². The van der Waals surface area contributed by atoms with Crippen LogP contribution in [0.1, 0.15) is 25.3 Å². The van der Waals surface area contributed by atoms with Crippen LogP contribution in [-0.2, 0) is 16.6 Å². The summed E-state index contributed by atoms with van der Waals surface area (Å²) in [5.41, 5.74) is 0.779. The molecular formula is C14H23FN2O2S. The lowest BCUT2D eigenvalue weighted by Gasteiger charge is -2.17. The number of rotatable bonds is 9. The van der Waals surface area contributed by atoms with E-state index in [1.54, 1.807) is 19.2 Å². The molecule has 4 nitrogen and oxygen atoms in total. The van der Waals surface area contributed by atoms with Crippen molar-refractivity contribution in [1.29, 1.82) is 0 Å². The highest BCUT2D eigenvalue weighted by Crippen LogP contribution is 2.09. The van der Waals surface area contributed by atoms with Crippen LogP contribution in [0, 0.1) is 5.82 Å². The lowest BCUT2D eigenvalue weighted by molar-refractivity contribution is 0.464. The maximum Gasteiger partial charge on any atom is 0.214 e. The van der Waals surface area contributed by atoms with E-state index in [4.69, 9.17) is 0 Å². The predicted octanol–water partition coefficient (Wildman–Crippen LogP) is 1.98. The Morgan fingerprint density at radius 1 is 1.20 bits per heavy atom. The first-order chi connectivity index (χ1) is 9.45. The summed E-state index contributed by atoms with van der Waals surface area (Å²) in [6.07, 6.45) is 1.63. The highest BCUT2D eigenvalue weighted by molar-refractivity contribution is 7.89. The van der Waals surface area contributed by atoms with Crippen LogP contribution < -0.4 is 5.32 Å². The molecule has 6 heteroatoms. The summed E-state index contributed by atoms with van der Waals surface area (Å²) in [4.78, 5) is 0. The SMILES string of the molecule is CCCNCCCS(=O)(=O)N(C)Cc1ccc(F)cc1. The average Bonchev–Trinajstić information content (AvgIpc) is 2.41. The van der Waals surface area contributed by atoms with Gasteiger partial charge in [-0.25, -0.2) is 17.1 Å². The van der Waals surface area contributed by atoms with E-state index in [0.717, 1.165) is 18.5 Å². The Labute approximate surface area is 121 Å². The molecule has 20 heavy (non-hydrogen) atoms. The maximum atomic E-state index is 12.8. The number of nitrogens with one attached hydrogen (secondary N) is 1. The van der Waals surface area contributed by atoms with Crippen LogP contribution in [0.3, 0.4) is 0 Å². The van der Waals surface area contributed by atoms with Crippen molar-refractivity contribution in [2.75, 3.05) is 25.9 Å². The van der Waals surface area contributed by atoms with Crippen molar-refractivity contribution in [2.24, 2.45) is 0 Å². The predicted molar refractivity (Wildman–Crippen MR) is 79.4 cm³/mol. The molecule has 0 spiro atoms. The monoisotopic (exact) mass is 302 g/mol. The molecule has 0 heterocycles. The summed E-state index contributed by atoms with van der Waals surface area (Å²) < 4.78 is 38.2. The first kappa shape index (κ1) is 17.1. The summed E-state index contributed by atoms with van der Waals surface area (Å²) in [5, 5.41) is 3.18. The second-order valence-corrected chi connectivity index (χ2v) is 7.00. The van der Waals surface area contributed by atoms with E-state index in [0.29, 0.717) is 13.0 Å². The number of benzene rings is 1. The van der Waals surface area contributed by atoms with E-state index < -0.39 is 10.0 Å². The van der Waals surface area contributed by atoms with Gasteiger partial charge in [0.1, 0.15) is 5.82 Å². The van der Waals surface area contributed by atoms with Crippen molar-refractivity contribution in [3.05, 3.63) is 35.6 Å². The zero-order valence-electron chi connectivity index (χ0n) is 12.1. The van der Waals surface area contributed by atoms with Gasteiger partial charge in [-0.15, -0.1) is 0 Å². The lowest BCUT2D eigenvalue weighted by atomic mass is 10.2. The molecule has 0 atom stereocenters. The van der Waals surface area contributed by atoms with E-state index in [9.17, 15) is 12.8 Å². The third-order valence-corrected chi connectivity index (χ3v) is 4.86. The van der Waals surface area contributed by atoms with Crippen LogP contribution in [0.25, 0.3) is 0 Å². The van der Waals surface area contributed by atoms with Crippen molar-refractivity contribution in [2.45, 2.75) is 26.3 Å². The summed E-state index contributed by atoms with van der Waals surface area (Å²) >= 11 is 0. The maximum absolute atomic E-state index is 12.8. The topological polar surface area (TPSA) is 49.4 Å². The summed E-state index contributed by atoms with van der Waals surface area (Å²) in [7, 11) is -1.70. The second kappa shape index (κ2) is 8.34. The van der Waals surface area contributed by atoms with Crippen LogP contribution >= 0.6 is 0 Å². The normalized spacial score (nSPS) is 12.0. The minimum absolute atomic E-state index is 0.126. The number of nitrogens with zero attached hydrogens (tertiary/aromatic N) is 1. The molecule has 0 aliphatic carbocycles. The van der Waals surface area contributed by atoms with E-state index in [2.05, 4.69) is 12.2 Å². The summed E-state index contributed by atoms with van der Waals surface area (Å²) in [5.74, 6) is -0.192. The lowest BCUT2D eigenvalue weighted by Crippen LogP contribution is -2.30. The molecule has 0 aliphatic rings. The van der Waals surface area contributed by atoms with Gasteiger partial charge in [0.2, 0.25) is 10.0 Å². The van der Waals surface area contributed by atoms with Gasteiger partial charge in [0.15, 0.2) is 0 Å². The zero-order chi connectivity index (χ0) is 15.0. The van der Waals surface area contributed by atoms with Gasteiger partial charge in [0.05, 0.1) is 5.75 Å². The van der Waals surface area contributed by atoms with Gasteiger partial charge in [-0.2, -0.15) is 0 Å². The average molecular weight is 302 g/mol. The van der Waals surface area contributed by atoms with Crippen molar-refractivity contribution in [3.63, 3.8) is 0 Å². The van der Waals surface area contributed by atoms with E-state index in [-0.39, 0.29) is 18.1 Å². The third kappa shape index (κ3) is 5.98. The van der Waals surface area contributed by atoms with Gasteiger partial charge in [-0.1, -0.05) is 19.1 Å². The molecule has 114 valence electrons. The van der Waals surface area contributed by atoms with Crippen LogP contribution in [-0.4, -0.2) is 38.6 Å². The molecule has 0 fully saturated rings. The third-order valence-electron chi connectivity index (χ3n) is 2.98. The Hall–Kier alpha value is -0.980. The quantitative estimate of drug-likeness (QED) is 0.710. The van der Waals surface area contributed by atoms with Crippen molar-refractivity contribution in [3.8, 4) is 0 Å². The second-order valence-electron chi connectivity index (χ2n) is 4.80. The summed E-state index contributed by atoms with van der Waals surface area (Å²) in [6.45, 7) is 3.95. The van der Waals surface area contributed by atoms with Crippen LogP contribution in [0.4, 0.5) is 4.39 Å². The molecule has 1 aromatic carbocycles. The van der Waals surface area contributed by atoms with Crippen molar-refractivity contribution in [1.82, 2.24) is 9.62 Å². The van der Waals surface area contributed by atoms with Crippen LogP contribution in [0.5, 0.6) is 0 Å². The number of hydrogen-bond acceptors (Lipinski definition) is 3. The van der Waals surface area contributed by atoms with Gasteiger partial charge in [0.25, 0.3) is 0 Å². The number of hydrogen-bond donors (Lipinski definition) is 1. The molecule has 0 bridgehead atoms. The Morgan fingerprint density at radius 3 is 2.45 bits per heavy atom. The smallest absolute Gasteiger partial charge is 0.214 e. The molecular weight excluding hydrogens is 279 g/mol. The molecule has 0 aliphatic heterocycles. The van der Waals surface area contributed by atoms with Gasteiger partial charge >= 0.3 is 0 Å². The Morgan fingerprint density at radius 2 is 1.85 bits per heavy atom. The van der Waals surface area contributed by atoms with Gasteiger partial charge in [0, 0.05) is 13.6 Å². The Balaban J connectivity index is 2.44. The largest absolute Gasteiger partial charge is 0.317 e. The highest BCUT2D eigenvalue weighted by atomic mass is 32.2. The fourth-order valence-corrected chi connectivity index (χ4v) is 2.95. The molecule has 0 aromatic heterocycles. The van der Waals surface area contributed by atoms with Crippen molar-refractivity contribution >= 4 is 10.0 Å². The molecule has 0 saturated heterocycles. The van der Waals surface area contributed by atoms with Gasteiger partial charge in [-0.05, 0) is 43.6 Å². The molecule has 1 aromatic rings. The highest BCUT2D eigenvalue weighted by Gasteiger charge is 2.17. The van der Waals surface area contributed by atoms with Crippen LogP contribution in [0.2, 0.25) is 0 Å². The Bertz CT molecular complexity index is 488. The fourth-order valence-electron chi connectivity index (χ4n) is 1.78. The Kier molecular flexibility index (Phi) is 7.12.